The van der Waals surface area contributed by atoms with Gasteiger partial charge in [0, 0.05) is 35.0 Å². The first-order valence-corrected chi connectivity index (χ1v) is 9.12. The Balaban J connectivity index is 1.70. The maximum Gasteiger partial charge on any atom is 0.269 e. The van der Waals surface area contributed by atoms with Crippen LogP contribution in [0, 0.1) is 10.1 Å². The van der Waals surface area contributed by atoms with Crippen molar-refractivity contribution in [3.8, 4) is 28.6 Å². The molecule has 0 atom stereocenters. The zero-order chi connectivity index (χ0) is 23.0. The molecule has 0 radical (unpaired) electrons. The maximum absolute atomic E-state index is 12.6. The third kappa shape index (κ3) is 3.67. The maximum atomic E-state index is 12.6. The normalized spacial score (nSPS) is 10.8. The van der Waals surface area contributed by atoms with Gasteiger partial charge >= 0.3 is 0 Å². The van der Waals surface area contributed by atoms with Gasteiger partial charge in [-0.2, -0.15) is 0 Å². The van der Waals surface area contributed by atoms with Crippen LogP contribution in [0.3, 0.4) is 0 Å². The number of hydrogen-bond acceptors (Lipinski definition) is 8. The average molecular weight is 434 g/mol. The first-order chi connectivity index (χ1) is 15.2. The van der Waals surface area contributed by atoms with Crippen LogP contribution in [0.25, 0.3) is 22.3 Å². The highest BCUT2D eigenvalue weighted by Gasteiger charge is 2.17. The van der Waals surface area contributed by atoms with E-state index in [9.17, 15) is 35.0 Å². The van der Waals surface area contributed by atoms with Crippen LogP contribution in [-0.4, -0.2) is 26.2 Å². The van der Waals surface area contributed by atoms with Gasteiger partial charge in [0.2, 0.25) is 11.2 Å². The molecule has 0 aliphatic rings. The Kier molecular flexibility index (Phi) is 4.95. The zero-order valence-electron chi connectivity index (χ0n) is 16.1. The van der Waals surface area contributed by atoms with E-state index < -0.39 is 27.8 Å². The number of non-ortho nitro benzene ring substituents is 1. The second kappa shape index (κ2) is 7.76. The molecular weight excluding hydrogens is 420 g/mol. The van der Waals surface area contributed by atoms with Crippen LogP contribution < -0.4 is 10.7 Å². The SMILES string of the molecule is O=C(Nc1ccc2c(=O)c(O)c(-c3ccc(O)c(O)c3)oc2c1)c1ccc([N+](=O)[O-])cc1. The van der Waals surface area contributed by atoms with Crippen molar-refractivity contribution in [1.82, 2.24) is 0 Å². The van der Waals surface area contributed by atoms with Gasteiger partial charge in [-0.05, 0) is 42.5 Å². The molecule has 4 aromatic rings. The van der Waals surface area contributed by atoms with E-state index in [-0.39, 0.29) is 45.0 Å². The first kappa shape index (κ1) is 20.4. The van der Waals surface area contributed by atoms with Crippen molar-refractivity contribution in [3.05, 3.63) is 86.6 Å². The molecule has 0 unspecified atom stereocenters. The number of phenolic OH excluding ortho intramolecular Hbond substituents is 2. The van der Waals surface area contributed by atoms with Crippen molar-refractivity contribution in [2.24, 2.45) is 0 Å². The van der Waals surface area contributed by atoms with E-state index in [0.717, 1.165) is 6.07 Å². The molecule has 10 nitrogen and oxygen atoms in total. The number of rotatable bonds is 4. The Morgan fingerprint density at radius 2 is 1.66 bits per heavy atom. The lowest BCUT2D eigenvalue weighted by atomic mass is 10.1. The first-order valence-electron chi connectivity index (χ1n) is 9.12. The summed E-state index contributed by atoms with van der Waals surface area (Å²) in [6, 6.07) is 12.9. The van der Waals surface area contributed by atoms with Crippen LogP contribution in [0.2, 0.25) is 0 Å². The van der Waals surface area contributed by atoms with Gasteiger partial charge in [-0.15, -0.1) is 0 Å². The van der Waals surface area contributed by atoms with Crippen LogP contribution in [0.1, 0.15) is 10.4 Å². The minimum absolute atomic E-state index is 0.0527. The summed E-state index contributed by atoms with van der Waals surface area (Å²) in [6.45, 7) is 0. The number of amides is 1. The Morgan fingerprint density at radius 3 is 2.31 bits per heavy atom. The Hall–Kier alpha value is -4.86. The lowest BCUT2D eigenvalue weighted by molar-refractivity contribution is -0.384. The zero-order valence-corrected chi connectivity index (χ0v) is 16.1. The van der Waals surface area contributed by atoms with Crippen LogP contribution in [-0.2, 0) is 0 Å². The molecule has 0 saturated heterocycles. The molecule has 4 rings (SSSR count). The fraction of sp³-hybridized carbons (Fsp3) is 0. The highest BCUT2D eigenvalue weighted by atomic mass is 16.6. The molecule has 0 fully saturated rings. The quantitative estimate of drug-likeness (QED) is 0.214. The van der Waals surface area contributed by atoms with Gasteiger partial charge in [0.05, 0.1) is 10.3 Å². The summed E-state index contributed by atoms with van der Waals surface area (Å²) in [5.41, 5.74) is -0.213. The largest absolute Gasteiger partial charge is 0.504 e. The van der Waals surface area contributed by atoms with Crippen molar-refractivity contribution in [2.75, 3.05) is 5.32 Å². The van der Waals surface area contributed by atoms with Crippen LogP contribution in [0.5, 0.6) is 17.2 Å². The van der Waals surface area contributed by atoms with Crippen molar-refractivity contribution < 1.29 is 29.5 Å². The number of phenols is 2. The topological polar surface area (TPSA) is 163 Å². The average Bonchev–Trinajstić information content (AvgIpc) is 2.78. The highest BCUT2D eigenvalue weighted by molar-refractivity contribution is 6.05. The molecule has 10 heteroatoms. The molecule has 0 aliphatic carbocycles. The number of nitrogens with one attached hydrogen (secondary N) is 1. The molecule has 4 N–H and O–H groups in total. The molecule has 32 heavy (non-hydrogen) atoms. The summed E-state index contributed by atoms with van der Waals surface area (Å²) in [5.74, 6) is -2.28. The summed E-state index contributed by atoms with van der Waals surface area (Å²) < 4.78 is 5.66. The van der Waals surface area contributed by atoms with E-state index in [4.69, 9.17) is 4.42 Å². The van der Waals surface area contributed by atoms with E-state index >= 15 is 0 Å². The Labute approximate surface area is 178 Å². The third-order valence-corrected chi connectivity index (χ3v) is 4.70. The van der Waals surface area contributed by atoms with E-state index in [0.29, 0.717) is 0 Å². The summed E-state index contributed by atoms with van der Waals surface area (Å²) in [6.07, 6.45) is 0. The molecule has 0 bridgehead atoms. The van der Waals surface area contributed by atoms with Gasteiger partial charge in [0.25, 0.3) is 11.6 Å². The smallest absolute Gasteiger partial charge is 0.269 e. The summed E-state index contributed by atoms with van der Waals surface area (Å²) in [4.78, 5) is 35.2. The van der Waals surface area contributed by atoms with Gasteiger partial charge in [-0.3, -0.25) is 19.7 Å². The molecule has 1 heterocycles. The van der Waals surface area contributed by atoms with E-state index in [2.05, 4.69) is 5.32 Å². The minimum Gasteiger partial charge on any atom is -0.504 e. The molecule has 1 aromatic heterocycles. The van der Waals surface area contributed by atoms with Crippen molar-refractivity contribution >= 4 is 28.3 Å². The van der Waals surface area contributed by atoms with Gasteiger partial charge in [0.1, 0.15) is 5.58 Å². The second-order valence-corrected chi connectivity index (χ2v) is 6.78. The minimum atomic E-state index is -0.720. The number of carbonyl (C=O) groups is 1. The van der Waals surface area contributed by atoms with Gasteiger partial charge < -0.3 is 25.1 Å². The molecule has 0 spiro atoms. The molecule has 0 aliphatic heterocycles. The second-order valence-electron chi connectivity index (χ2n) is 6.78. The fourth-order valence-electron chi connectivity index (χ4n) is 3.06. The van der Waals surface area contributed by atoms with Gasteiger partial charge in [0.15, 0.2) is 17.3 Å². The number of nitro benzene ring substituents is 1. The van der Waals surface area contributed by atoms with E-state index in [1.165, 1.54) is 54.6 Å². The number of aromatic hydroxyl groups is 3. The lowest BCUT2D eigenvalue weighted by Crippen LogP contribution is -2.12. The fourth-order valence-corrected chi connectivity index (χ4v) is 3.06. The summed E-state index contributed by atoms with van der Waals surface area (Å²) in [5, 5.41) is 42.8. The molecule has 1 amide bonds. The molecule has 0 saturated carbocycles. The molecule has 3 aromatic carbocycles. The number of nitrogens with zero attached hydrogens (tertiary/aromatic N) is 1. The number of nitro groups is 1. The number of carbonyl (C=O) groups excluding carboxylic acids is 1. The number of hydrogen-bond donors (Lipinski definition) is 4. The van der Waals surface area contributed by atoms with E-state index in [1.807, 2.05) is 0 Å². The van der Waals surface area contributed by atoms with Crippen LogP contribution in [0.15, 0.2) is 69.9 Å². The third-order valence-electron chi connectivity index (χ3n) is 4.70. The monoisotopic (exact) mass is 434 g/mol. The lowest BCUT2D eigenvalue weighted by Gasteiger charge is -2.09. The number of anilines is 1. The van der Waals surface area contributed by atoms with Crippen molar-refractivity contribution in [1.29, 1.82) is 0 Å². The Bertz CT molecular complexity index is 1440. The van der Waals surface area contributed by atoms with E-state index in [1.54, 1.807) is 0 Å². The van der Waals surface area contributed by atoms with Crippen LogP contribution >= 0.6 is 0 Å². The Morgan fingerprint density at radius 1 is 0.938 bits per heavy atom. The summed E-state index contributed by atoms with van der Waals surface area (Å²) in [7, 11) is 0. The van der Waals surface area contributed by atoms with Crippen molar-refractivity contribution in [2.45, 2.75) is 0 Å². The number of fused-ring (bicyclic) bond motifs is 1. The predicted octanol–water partition coefficient (Wildman–Crippen LogP) is 3.74. The van der Waals surface area contributed by atoms with Gasteiger partial charge in [-0.25, -0.2) is 0 Å². The summed E-state index contributed by atoms with van der Waals surface area (Å²) >= 11 is 0. The molecular formula is C22H14N2O8. The van der Waals surface area contributed by atoms with Crippen molar-refractivity contribution in [3.63, 3.8) is 0 Å². The van der Waals surface area contributed by atoms with Crippen LogP contribution in [0.4, 0.5) is 11.4 Å². The van der Waals surface area contributed by atoms with Gasteiger partial charge in [-0.1, -0.05) is 0 Å². The predicted molar refractivity (Wildman–Crippen MR) is 114 cm³/mol. The highest BCUT2D eigenvalue weighted by Crippen LogP contribution is 2.35. The molecule has 160 valence electrons. The standard InChI is InChI=1S/C22H14N2O8/c25-16-8-3-12(9-17(16)26)21-20(28)19(27)15-7-4-13(10-18(15)32-21)23-22(29)11-1-5-14(6-2-11)24(30)31/h1-10,25-26,28H,(H,23,29). The number of benzene rings is 3.